The van der Waals surface area contributed by atoms with Crippen molar-refractivity contribution >= 4 is 227 Å². The molecule has 6 aromatic rings. The number of aliphatic hydroxyl groups is 1. The average molecular weight is 2550 g/mol. The van der Waals surface area contributed by atoms with Crippen molar-refractivity contribution in [1.29, 1.82) is 0 Å². The third kappa shape index (κ3) is 48.9. The van der Waals surface area contributed by atoms with Gasteiger partial charge in [-0.2, -0.15) is 0 Å². The van der Waals surface area contributed by atoms with Crippen molar-refractivity contribution in [2.75, 3.05) is 28.2 Å². The number of carboxylic acid groups (broad SMARTS) is 2. The summed E-state index contributed by atoms with van der Waals surface area (Å²) in [6, 6.07) is -5.63. The number of amides is 12. The quantitative estimate of drug-likeness (QED) is 0.0159. The second kappa shape index (κ2) is 66.9. The molecule has 45 heteroatoms. The fourth-order valence-corrected chi connectivity index (χ4v) is 15.4. The van der Waals surface area contributed by atoms with E-state index in [2.05, 4.69) is 202 Å². The first-order chi connectivity index (χ1) is 58.9. The van der Waals surface area contributed by atoms with Gasteiger partial charge in [-0.25, -0.2) is 58.3 Å². The molecule has 0 bridgehead atoms. The SMILES string of the molecule is CC(C)c1nc(CN(C)C(=O)N[C@H](C(=O)O)C(C)C)cs1.CC(C)c1nc(CN(C)C(=O)N[C@H](C(=O)O)C(C)C)cs1.CC[C@@H](CC[C@H](CC)NC(=O)[C@@H](NC(=O)N(C)Cc1csc(C(C)C)n1)C(C)C)NC(=O)OCc1cncs1.CC[C@@H](CC[C@H](CC)NC(=O)[C@@H](NC(=O)N(C)Cc1csc(C(C)C)n1)C(C)O)NC(=O)OCc1cncs1.I.II.I[I-]I. The van der Waals surface area contributed by atoms with Crippen molar-refractivity contribution < 1.29 is 86.0 Å². The molecule has 0 aliphatic carbocycles. The topological polar surface area (TPSA) is 436 Å². The van der Waals surface area contributed by atoms with Crippen LogP contribution in [0.3, 0.4) is 0 Å². The van der Waals surface area contributed by atoms with E-state index >= 15 is 0 Å². The van der Waals surface area contributed by atoms with Gasteiger partial charge in [0.1, 0.15) is 37.4 Å². The van der Waals surface area contributed by atoms with Crippen LogP contribution in [0.4, 0.5) is 28.8 Å². The summed E-state index contributed by atoms with van der Waals surface area (Å²) in [5, 5.41) is 62.7. The Balaban J connectivity index is 0.00000168. The summed E-state index contributed by atoms with van der Waals surface area (Å²) in [4.78, 5) is 156. The van der Waals surface area contributed by atoms with Gasteiger partial charge in [-0.05, 0) is 76.0 Å². The van der Waals surface area contributed by atoms with Crippen LogP contribution >= 0.6 is 166 Å². The number of halogens is 6. The number of aliphatic carboxylic acids is 2. The van der Waals surface area contributed by atoms with Gasteiger partial charge in [0.05, 0.1) is 95.9 Å². The van der Waals surface area contributed by atoms with Crippen LogP contribution in [-0.2, 0) is 68.0 Å². The number of carboxylic acids is 2. The summed E-state index contributed by atoms with van der Waals surface area (Å²) in [6.07, 6.45) is 6.75. The Labute approximate surface area is 838 Å². The molecule has 0 radical (unpaired) electrons. The average Bonchev–Trinajstić information content (AvgIpc) is 1.38. The third-order valence-corrected chi connectivity index (χ3v) is 24.9. The number of urea groups is 4. The minimum absolute atomic E-state index is 0. The molecule has 12 amide bonds. The van der Waals surface area contributed by atoms with E-state index in [1.807, 2.05) is 63.1 Å². The molecule has 0 aliphatic heterocycles. The van der Waals surface area contributed by atoms with Crippen molar-refractivity contribution in [3.8, 4) is 0 Å². The number of aliphatic hydroxyl groups excluding tert-OH is 1. The zero-order valence-corrected chi connectivity index (χ0v) is 94.2. The standard InChI is InChI=1S/C27H44N6O4S2.C26H42N6O5S2.2C14H23N3O3S.I3.I2.HI/c1-8-19(10-11-20(9-2)31-27(36)37-14-22-12-28-16-39-22)29-24(34)23(17(3)4)32-26(35)33(7)13-21-15-38-25(30-21)18(5)6;1-7-18(9-10-19(8-2)30-26(36)37-13-21-11-27-15-39-21)28-23(34)22(17(5)33)31-25(35)32(6)12-20-14-38-24(29-20)16(3)4;2*1-8(2)11(13(18)19)16-14(20)17(5)6-10-7-21-12(15-10)9(3)4;1-3-2;1-2;/h12,15-20,23H,8-11,13-14H2,1-7H3,(H,29,34)(H,31,36)(H,32,35);11,14-19,22,33H,7-10,12-13H2,1-6H3,(H,28,34)(H,30,36)(H,31,35);2*7-9,11H,6H2,1-5H3,(H,16,20)(H,18,19);;;1H/q;;;;-1;;/t19-,20-,23-;17?,18-,19-,22-;2*11-;;;/m0000.../s1. The predicted octanol–water partition coefficient (Wildman–Crippen LogP) is 15.5. The summed E-state index contributed by atoms with van der Waals surface area (Å²) in [6.45, 7) is 38.6. The molecule has 0 aromatic carbocycles. The molecule has 6 heterocycles. The Bertz CT molecular complexity index is 3840. The van der Waals surface area contributed by atoms with Gasteiger partial charge in [0.15, 0.2) is 0 Å². The zero-order valence-electron chi connectivity index (χ0n) is 76.2. The number of carbonyl (C=O) groups excluding carboxylic acids is 8. The van der Waals surface area contributed by atoms with Crippen molar-refractivity contribution in [3.63, 3.8) is 0 Å². The fraction of sp³-hybridized carbons (Fsp3) is 0.654. The van der Waals surface area contributed by atoms with E-state index in [0.29, 0.717) is 102 Å². The van der Waals surface area contributed by atoms with Crippen molar-refractivity contribution in [2.24, 2.45) is 17.8 Å². The van der Waals surface area contributed by atoms with Crippen LogP contribution in [0.1, 0.15) is 259 Å². The molecule has 0 saturated heterocycles. The summed E-state index contributed by atoms with van der Waals surface area (Å²) >= 11 is 18.7. The Morgan fingerprint density at radius 3 is 0.841 bits per heavy atom. The van der Waals surface area contributed by atoms with Crippen LogP contribution in [0.25, 0.3) is 0 Å². The van der Waals surface area contributed by atoms with E-state index in [-0.39, 0.29) is 91.0 Å². The van der Waals surface area contributed by atoms with Gasteiger partial charge in [-0.1, -0.05) is 125 Å². The number of hydrogen-bond donors (Lipinski definition) is 11. The Morgan fingerprint density at radius 2 is 0.635 bits per heavy atom. The van der Waals surface area contributed by atoms with Gasteiger partial charge in [-0.3, -0.25) is 19.6 Å². The zero-order chi connectivity index (χ0) is 94.9. The molecule has 0 saturated carbocycles. The molecule has 0 spiro atoms. The monoisotopic (exact) mass is 2550 g/mol. The molecule has 126 heavy (non-hydrogen) atoms. The molecule has 0 aliphatic rings. The molecule has 9 atom stereocenters. The van der Waals surface area contributed by atoms with E-state index in [0.717, 1.165) is 65.4 Å². The van der Waals surface area contributed by atoms with Gasteiger partial charge in [0.25, 0.3) is 0 Å². The molecule has 33 nitrogen and oxygen atoms in total. The fourth-order valence-electron chi connectivity index (χ4n) is 11.1. The normalized spacial score (nSPS) is 13.0. The summed E-state index contributed by atoms with van der Waals surface area (Å²) < 4.78 is 10.5. The molecule has 716 valence electrons. The maximum absolute atomic E-state index is 13.2. The molecular weight excluding hydrogens is 2420 g/mol. The Morgan fingerprint density at radius 1 is 0.397 bits per heavy atom. The summed E-state index contributed by atoms with van der Waals surface area (Å²) in [7, 11) is 6.58. The third-order valence-electron chi connectivity index (χ3n) is 18.6. The number of hydrogen-bond acceptors (Lipinski definition) is 25. The molecule has 6 aromatic heterocycles. The number of aromatic nitrogens is 6. The summed E-state index contributed by atoms with van der Waals surface area (Å²) in [5.41, 5.74) is 6.63. The maximum atomic E-state index is 13.2. The number of thiazole rings is 6. The van der Waals surface area contributed by atoms with Gasteiger partial charge in [0.2, 0.25) is 11.8 Å². The molecule has 11 N–H and O–H groups in total. The Kier molecular flexibility index (Phi) is 64.6. The van der Waals surface area contributed by atoms with Crippen LogP contribution in [-0.4, -0.2) is 208 Å². The van der Waals surface area contributed by atoms with Crippen molar-refractivity contribution in [1.82, 2.24) is 92.0 Å². The van der Waals surface area contributed by atoms with Crippen molar-refractivity contribution in [2.45, 2.75) is 300 Å². The molecule has 0 fully saturated rings. The number of rotatable bonds is 42. The first-order valence-corrected chi connectivity index (χ1v) is 65.3. The van der Waals surface area contributed by atoms with Crippen LogP contribution in [0, 0.1) is 17.8 Å². The second-order valence-corrected chi connectivity index (χ2v) is 53.4. The number of ether oxygens (including phenoxy) is 2. The van der Waals surface area contributed by atoms with Crippen LogP contribution < -0.4 is 55.8 Å². The van der Waals surface area contributed by atoms with Gasteiger partial charge < -0.3 is 86.9 Å². The predicted molar refractivity (Wildman–Crippen MR) is 545 cm³/mol. The van der Waals surface area contributed by atoms with E-state index < -0.39 is 78.4 Å². The van der Waals surface area contributed by atoms with E-state index in [1.54, 1.807) is 130 Å². The summed E-state index contributed by atoms with van der Waals surface area (Å²) in [5.74, 6) is -1.79. The molecule has 6 rings (SSSR count). The van der Waals surface area contributed by atoms with E-state index in [1.165, 1.54) is 44.3 Å². The van der Waals surface area contributed by atoms with Gasteiger partial charge in [-0.15, -0.1) is 92.0 Å². The van der Waals surface area contributed by atoms with E-state index in [9.17, 15) is 53.1 Å². The van der Waals surface area contributed by atoms with Crippen LogP contribution in [0.2, 0.25) is 0 Å². The molecular formula is C81H133I6N18O15S6-. The second-order valence-electron chi connectivity index (χ2n) is 31.6. The first-order valence-electron chi connectivity index (χ1n) is 41.1. The van der Waals surface area contributed by atoms with Crippen molar-refractivity contribution in [3.05, 3.63) is 97.5 Å². The molecule has 1 unspecified atom stereocenters. The van der Waals surface area contributed by atoms with E-state index in [4.69, 9.17) is 19.7 Å². The first kappa shape index (κ1) is 122. The Hall–Kier alpha value is -4.38. The minimum atomic E-state index is -1.11. The van der Waals surface area contributed by atoms with Crippen LogP contribution in [0.5, 0.6) is 0 Å². The van der Waals surface area contributed by atoms with Gasteiger partial charge >= 0.3 is 98.7 Å². The number of alkyl carbamates (subject to hydrolysis) is 2. The van der Waals surface area contributed by atoms with Crippen LogP contribution in [0.15, 0.2) is 44.9 Å². The number of nitrogens with zero attached hydrogens (tertiary/aromatic N) is 10. The number of carbonyl (C=O) groups is 10. The van der Waals surface area contributed by atoms with Gasteiger partial charge in [0, 0.05) is 147 Å². The number of nitrogens with one attached hydrogen (secondary N) is 8.